The summed E-state index contributed by atoms with van der Waals surface area (Å²) >= 11 is 0. The van der Waals surface area contributed by atoms with Gasteiger partial charge in [0.05, 0.1) is 11.7 Å². The van der Waals surface area contributed by atoms with Crippen LogP contribution in [0.4, 0.5) is 10.1 Å². The minimum Gasteiger partial charge on any atom is -0.443 e. The van der Waals surface area contributed by atoms with E-state index in [1.54, 1.807) is 6.92 Å². The fourth-order valence-corrected chi connectivity index (χ4v) is 3.58. The van der Waals surface area contributed by atoms with Crippen molar-refractivity contribution in [1.82, 2.24) is 9.47 Å². The van der Waals surface area contributed by atoms with Crippen LogP contribution in [0, 0.1) is 11.8 Å². The molecular weight excluding hydrogens is 329 g/mol. The zero-order chi connectivity index (χ0) is 18.1. The Bertz CT molecular complexity index is 964. The lowest BCUT2D eigenvalue weighted by molar-refractivity contribution is 0.149. The number of aromatic nitrogens is 1. The highest BCUT2D eigenvalue weighted by molar-refractivity contribution is 5.97. The molecule has 0 aliphatic carbocycles. The zero-order valence-electron chi connectivity index (χ0n) is 15.0. The van der Waals surface area contributed by atoms with E-state index in [9.17, 15) is 4.39 Å². The van der Waals surface area contributed by atoms with Crippen LogP contribution < -0.4 is 5.32 Å². The molecule has 1 aromatic carbocycles. The number of benzene rings is 1. The van der Waals surface area contributed by atoms with Crippen LogP contribution in [0.15, 0.2) is 47.1 Å². The van der Waals surface area contributed by atoms with Gasteiger partial charge in [-0.2, -0.15) is 0 Å². The molecule has 0 unspecified atom stereocenters. The first-order valence-corrected chi connectivity index (χ1v) is 8.88. The van der Waals surface area contributed by atoms with Crippen LogP contribution >= 0.6 is 0 Å². The van der Waals surface area contributed by atoms with Gasteiger partial charge in [-0.3, -0.25) is 0 Å². The van der Waals surface area contributed by atoms with Crippen LogP contribution in [0.25, 0.3) is 16.7 Å². The van der Waals surface area contributed by atoms with E-state index in [2.05, 4.69) is 17.2 Å². The average Bonchev–Trinajstić information content (AvgIpc) is 3.25. The Morgan fingerprint density at radius 3 is 2.77 bits per heavy atom. The number of hydrogen-bond acceptors (Lipinski definition) is 3. The van der Waals surface area contributed by atoms with Crippen LogP contribution in [-0.4, -0.2) is 41.8 Å². The second-order valence-corrected chi connectivity index (χ2v) is 6.75. The molecule has 0 radical (unpaired) electrons. The van der Waals surface area contributed by atoms with E-state index in [0.29, 0.717) is 12.3 Å². The molecule has 1 N–H and O–H groups in total. The molecule has 0 amide bonds. The van der Waals surface area contributed by atoms with Crippen LogP contribution in [0.1, 0.15) is 19.1 Å². The summed E-state index contributed by atoms with van der Waals surface area (Å²) < 4.78 is 22.6. The lowest BCUT2D eigenvalue weighted by Crippen LogP contribution is -2.46. The van der Waals surface area contributed by atoms with Gasteiger partial charge in [0, 0.05) is 30.9 Å². The SMILES string of the molecule is CC#Cc1oc2c(N[C@@H]3CCN(C)C[C@@H]3F)cccc2c1-n1cccc1. The highest BCUT2D eigenvalue weighted by Crippen LogP contribution is 2.34. The molecule has 1 fully saturated rings. The normalized spacial score (nSPS) is 20.7. The number of alkyl halides is 1. The summed E-state index contributed by atoms with van der Waals surface area (Å²) in [5, 5.41) is 4.33. The molecule has 1 saturated heterocycles. The summed E-state index contributed by atoms with van der Waals surface area (Å²) in [6, 6.07) is 9.66. The Balaban J connectivity index is 1.77. The van der Waals surface area contributed by atoms with Crippen molar-refractivity contribution in [2.75, 3.05) is 25.5 Å². The Hall–Kier alpha value is -2.71. The van der Waals surface area contributed by atoms with E-state index in [4.69, 9.17) is 4.42 Å². The number of halogens is 1. The molecule has 3 aromatic rings. The number of furan rings is 1. The largest absolute Gasteiger partial charge is 0.443 e. The third-order valence-electron chi connectivity index (χ3n) is 4.88. The van der Waals surface area contributed by atoms with Gasteiger partial charge in [0.15, 0.2) is 5.58 Å². The first-order chi connectivity index (χ1) is 12.7. The number of fused-ring (bicyclic) bond motifs is 1. The molecule has 134 valence electrons. The quantitative estimate of drug-likeness (QED) is 0.723. The molecule has 2 atom stereocenters. The smallest absolute Gasteiger partial charge is 0.202 e. The van der Waals surface area contributed by atoms with Gasteiger partial charge in [0.25, 0.3) is 0 Å². The van der Waals surface area contributed by atoms with Crippen molar-refractivity contribution < 1.29 is 8.81 Å². The molecule has 26 heavy (non-hydrogen) atoms. The molecule has 3 heterocycles. The van der Waals surface area contributed by atoms with Crippen LogP contribution in [0.3, 0.4) is 0 Å². The van der Waals surface area contributed by atoms with Crippen LogP contribution in [0.2, 0.25) is 0 Å². The molecule has 4 rings (SSSR count). The van der Waals surface area contributed by atoms with Gasteiger partial charge in [-0.1, -0.05) is 12.0 Å². The molecule has 1 aliphatic rings. The molecule has 1 aliphatic heterocycles. The van der Waals surface area contributed by atoms with Crippen molar-refractivity contribution >= 4 is 16.7 Å². The zero-order valence-corrected chi connectivity index (χ0v) is 15.0. The van der Waals surface area contributed by atoms with Crippen molar-refractivity contribution in [1.29, 1.82) is 0 Å². The molecule has 0 spiro atoms. The number of likely N-dealkylation sites (tertiary alicyclic amines) is 1. The molecule has 5 heteroatoms. The van der Waals surface area contributed by atoms with Gasteiger partial charge in [0.2, 0.25) is 5.76 Å². The fraction of sp³-hybridized carbons (Fsp3) is 0.333. The van der Waals surface area contributed by atoms with E-state index < -0.39 is 6.17 Å². The number of rotatable bonds is 3. The Labute approximate surface area is 152 Å². The lowest BCUT2D eigenvalue weighted by Gasteiger charge is -2.33. The second kappa shape index (κ2) is 6.89. The summed E-state index contributed by atoms with van der Waals surface area (Å²) in [7, 11) is 1.95. The number of piperidine rings is 1. The van der Waals surface area contributed by atoms with Gasteiger partial charge in [0.1, 0.15) is 11.9 Å². The highest BCUT2D eigenvalue weighted by Gasteiger charge is 2.28. The number of nitrogens with one attached hydrogen (secondary N) is 1. The maximum absolute atomic E-state index is 14.5. The third-order valence-corrected chi connectivity index (χ3v) is 4.88. The summed E-state index contributed by atoms with van der Waals surface area (Å²) in [6.45, 7) is 3.12. The Morgan fingerprint density at radius 1 is 1.23 bits per heavy atom. The first-order valence-electron chi connectivity index (χ1n) is 8.88. The number of anilines is 1. The number of nitrogens with zero attached hydrogens (tertiary/aromatic N) is 2. The maximum Gasteiger partial charge on any atom is 0.202 e. The number of para-hydroxylation sites is 1. The van der Waals surface area contributed by atoms with Gasteiger partial charge in [-0.15, -0.1) is 0 Å². The molecule has 4 nitrogen and oxygen atoms in total. The summed E-state index contributed by atoms with van der Waals surface area (Å²) in [5.41, 5.74) is 2.46. The number of hydrogen-bond donors (Lipinski definition) is 1. The molecular formula is C21H22FN3O. The molecule has 0 bridgehead atoms. The standard InChI is InChI=1S/C21H22FN3O/c1-3-7-19-20(25-11-4-5-12-25)15-8-6-9-18(21(15)26-19)23-17-10-13-24(2)14-16(17)22/h4-6,8-9,11-12,16-17,23H,10,13-14H2,1-2H3/t16-,17+/m0/s1. The lowest BCUT2D eigenvalue weighted by atomic mass is 10.0. The highest BCUT2D eigenvalue weighted by atomic mass is 19.1. The van der Waals surface area contributed by atoms with E-state index >= 15 is 0 Å². The van der Waals surface area contributed by atoms with Crippen molar-refractivity contribution in [3.05, 3.63) is 48.5 Å². The van der Waals surface area contributed by atoms with E-state index in [1.165, 1.54) is 0 Å². The second-order valence-electron chi connectivity index (χ2n) is 6.75. The fourth-order valence-electron chi connectivity index (χ4n) is 3.58. The van der Waals surface area contributed by atoms with E-state index in [1.807, 2.05) is 59.2 Å². The van der Waals surface area contributed by atoms with Crippen molar-refractivity contribution in [3.63, 3.8) is 0 Å². The van der Waals surface area contributed by atoms with Crippen molar-refractivity contribution in [3.8, 4) is 17.5 Å². The summed E-state index contributed by atoms with van der Waals surface area (Å²) in [4.78, 5) is 2.02. The first kappa shape index (κ1) is 16.7. The van der Waals surface area contributed by atoms with E-state index in [-0.39, 0.29) is 6.04 Å². The monoisotopic (exact) mass is 351 g/mol. The van der Waals surface area contributed by atoms with Crippen LogP contribution in [0.5, 0.6) is 0 Å². The van der Waals surface area contributed by atoms with E-state index in [0.717, 1.165) is 35.3 Å². The van der Waals surface area contributed by atoms with Gasteiger partial charge < -0.3 is 19.2 Å². The molecule has 2 aromatic heterocycles. The predicted octanol–water partition coefficient (Wildman–Crippen LogP) is 4.05. The van der Waals surface area contributed by atoms with Gasteiger partial charge >= 0.3 is 0 Å². The summed E-state index contributed by atoms with van der Waals surface area (Å²) in [5.74, 6) is 6.59. The minimum absolute atomic E-state index is 0.211. The predicted molar refractivity (Wildman–Crippen MR) is 103 cm³/mol. The van der Waals surface area contributed by atoms with Gasteiger partial charge in [-0.05, 0) is 50.6 Å². The van der Waals surface area contributed by atoms with Crippen molar-refractivity contribution in [2.45, 2.75) is 25.6 Å². The average molecular weight is 351 g/mol. The summed E-state index contributed by atoms with van der Waals surface area (Å²) in [6.07, 6.45) is 3.80. The minimum atomic E-state index is -0.905. The Morgan fingerprint density at radius 2 is 2.04 bits per heavy atom. The Kier molecular flexibility index (Phi) is 4.44. The topological polar surface area (TPSA) is 33.3 Å². The van der Waals surface area contributed by atoms with Gasteiger partial charge in [-0.25, -0.2) is 4.39 Å². The van der Waals surface area contributed by atoms with Crippen molar-refractivity contribution in [2.24, 2.45) is 0 Å². The third kappa shape index (κ3) is 2.97. The maximum atomic E-state index is 14.5. The molecule has 0 saturated carbocycles. The van der Waals surface area contributed by atoms with Crippen LogP contribution in [-0.2, 0) is 0 Å².